The van der Waals surface area contributed by atoms with E-state index < -0.39 is 6.10 Å². The van der Waals surface area contributed by atoms with Crippen LogP contribution in [-0.2, 0) is 0 Å². The predicted molar refractivity (Wildman–Crippen MR) is 113 cm³/mol. The van der Waals surface area contributed by atoms with E-state index in [9.17, 15) is 9.90 Å². The smallest absolute Gasteiger partial charge is 0.264 e. The molecular formula is C22H24N4O3S. The molecule has 5 rings (SSSR count). The Morgan fingerprint density at radius 2 is 2.03 bits per heavy atom. The Morgan fingerprint density at radius 3 is 2.70 bits per heavy atom. The Hall–Kier alpha value is -2.71. The molecule has 0 spiro atoms. The van der Waals surface area contributed by atoms with Crippen LogP contribution in [0.5, 0.6) is 5.75 Å². The summed E-state index contributed by atoms with van der Waals surface area (Å²) >= 11 is 1.42. The Labute approximate surface area is 178 Å². The van der Waals surface area contributed by atoms with Crippen molar-refractivity contribution in [2.75, 3.05) is 13.7 Å². The second kappa shape index (κ2) is 7.85. The molecule has 0 radical (unpaired) electrons. The van der Waals surface area contributed by atoms with Crippen molar-refractivity contribution in [3.63, 3.8) is 0 Å². The summed E-state index contributed by atoms with van der Waals surface area (Å²) in [5.41, 5.74) is 2.01. The number of methoxy groups -OCH3 is 1. The minimum Gasteiger partial charge on any atom is -0.497 e. The van der Waals surface area contributed by atoms with Gasteiger partial charge in [0.05, 0.1) is 35.9 Å². The van der Waals surface area contributed by atoms with Gasteiger partial charge in [0.1, 0.15) is 5.75 Å². The summed E-state index contributed by atoms with van der Waals surface area (Å²) in [6, 6.07) is 11.1. The number of aliphatic hydroxyl groups is 1. The van der Waals surface area contributed by atoms with E-state index in [2.05, 4.69) is 10.3 Å². The minimum atomic E-state index is -0.711. The van der Waals surface area contributed by atoms with Gasteiger partial charge in [0.25, 0.3) is 5.91 Å². The molecule has 2 fully saturated rings. The number of aliphatic hydroxyl groups excluding tert-OH is 1. The maximum absolute atomic E-state index is 13.2. The number of benzene rings is 1. The predicted octanol–water partition coefficient (Wildman–Crippen LogP) is 3.42. The third-order valence-electron chi connectivity index (χ3n) is 6.03. The van der Waals surface area contributed by atoms with E-state index in [1.807, 2.05) is 48.0 Å². The van der Waals surface area contributed by atoms with Crippen LogP contribution in [0.1, 0.15) is 58.2 Å². The number of carbonyl (C=O) groups excluding carboxylic acids is 1. The highest BCUT2D eigenvalue weighted by molar-refractivity contribution is 7.12. The van der Waals surface area contributed by atoms with Gasteiger partial charge >= 0.3 is 0 Å². The van der Waals surface area contributed by atoms with Gasteiger partial charge in [-0.25, -0.2) is 4.68 Å². The van der Waals surface area contributed by atoms with Crippen molar-refractivity contribution >= 4 is 17.2 Å². The largest absolute Gasteiger partial charge is 0.497 e. The van der Waals surface area contributed by atoms with Crippen molar-refractivity contribution in [1.29, 1.82) is 0 Å². The fraction of sp³-hybridized carbons (Fsp3) is 0.409. The van der Waals surface area contributed by atoms with Crippen molar-refractivity contribution in [2.45, 2.75) is 43.4 Å². The van der Waals surface area contributed by atoms with Crippen molar-refractivity contribution in [3.8, 4) is 5.75 Å². The van der Waals surface area contributed by atoms with Gasteiger partial charge < -0.3 is 14.7 Å². The lowest BCUT2D eigenvalue weighted by Crippen LogP contribution is -2.49. The molecule has 3 heterocycles. The number of ether oxygens (including phenoxy) is 1. The lowest BCUT2D eigenvalue weighted by molar-refractivity contribution is -0.00384. The molecule has 156 valence electrons. The summed E-state index contributed by atoms with van der Waals surface area (Å²) in [6.07, 6.45) is 4.13. The number of amides is 1. The van der Waals surface area contributed by atoms with E-state index in [4.69, 9.17) is 4.74 Å². The van der Waals surface area contributed by atoms with Crippen molar-refractivity contribution in [3.05, 3.63) is 64.1 Å². The zero-order valence-electron chi connectivity index (χ0n) is 16.7. The third-order valence-corrected chi connectivity index (χ3v) is 6.88. The van der Waals surface area contributed by atoms with E-state index in [1.165, 1.54) is 11.3 Å². The molecule has 1 aliphatic heterocycles. The molecule has 2 aromatic heterocycles. The zero-order chi connectivity index (χ0) is 20.7. The van der Waals surface area contributed by atoms with Crippen LogP contribution in [-0.4, -0.2) is 50.7 Å². The van der Waals surface area contributed by atoms with Crippen LogP contribution in [0.4, 0.5) is 0 Å². The number of nitrogens with zero attached hydrogens (tertiary/aromatic N) is 4. The first-order valence-electron chi connectivity index (χ1n) is 10.2. The highest BCUT2D eigenvalue weighted by Crippen LogP contribution is 2.41. The first kappa shape index (κ1) is 19.3. The van der Waals surface area contributed by atoms with E-state index in [1.54, 1.807) is 16.7 Å². The summed E-state index contributed by atoms with van der Waals surface area (Å²) < 4.78 is 7.08. The summed E-state index contributed by atoms with van der Waals surface area (Å²) in [4.78, 5) is 15.7. The van der Waals surface area contributed by atoms with Gasteiger partial charge in [-0.15, -0.1) is 16.4 Å². The molecule has 0 bridgehead atoms. The van der Waals surface area contributed by atoms with Crippen LogP contribution in [0, 0.1) is 0 Å². The Balaban J connectivity index is 1.46. The fourth-order valence-electron chi connectivity index (χ4n) is 4.17. The molecule has 2 aliphatic rings. The molecule has 1 saturated heterocycles. The second-order valence-electron chi connectivity index (χ2n) is 7.99. The average Bonchev–Trinajstić information content (AvgIpc) is 3.27. The molecule has 7 nitrogen and oxygen atoms in total. The van der Waals surface area contributed by atoms with E-state index in [0.29, 0.717) is 17.2 Å². The van der Waals surface area contributed by atoms with Gasteiger partial charge in [0.2, 0.25) is 0 Å². The fourth-order valence-corrected chi connectivity index (χ4v) is 4.85. The van der Waals surface area contributed by atoms with Gasteiger partial charge in [0.15, 0.2) is 0 Å². The first-order valence-corrected chi connectivity index (χ1v) is 11.1. The van der Waals surface area contributed by atoms with Crippen molar-refractivity contribution in [2.24, 2.45) is 0 Å². The maximum atomic E-state index is 13.2. The summed E-state index contributed by atoms with van der Waals surface area (Å²) in [5, 5.41) is 21.5. The molecule has 1 N–H and O–H groups in total. The number of hydrogen-bond donors (Lipinski definition) is 1. The van der Waals surface area contributed by atoms with Crippen LogP contribution in [0.2, 0.25) is 0 Å². The number of piperidine rings is 1. The summed E-state index contributed by atoms with van der Waals surface area (Å²) in [6.45, 7) is 0.247. The highest BCUT2D eigenvalue weighted by Gasteiger charge is 2.40. The lowest BCUT2D eigenvalue weighted by atomic mass is 9.89. The number of rotatable bonds is 5. The summed E-state index contributed by atoms with van der Waals surface area (Å²) in [5.74, 6) is 1.22. The first-order chi connectivity index (χ1) is 14.6. The minimum absolute atomic E-state index is 0.0550. The van der Waals surface area contributed by atoms with Gasteiger partial charge in [-0.1, -0.05) is 23.4 Å². The molecule has 1 aliphatic carbocycles. The monoisotopic (exact) mass is 424 g/mol. The van der Waals surface area contributed by atoms with Gasteiger partial charge in [-0.3, -0.25) is 4.79 Å². The highest BCUT2D eigenvalue weighted by atomic mass is 32.1. The quantitative estimate of drug-likeness (QED) is 0.679. The van der Waals surface area contributed by atoms with Crippen LogP contribution >= 0.6 is 11.3 Å². The Kier molecular flexibility index (Phi) is 5.04. The maximum Gasteiger partial charge on any atom is 0.264 e. The number of hydrogen-bond acceptors (Lipinski definition) is 6. The summed E-state index contributed by atoms with van der Waals surface area (Å²) in [7, 11) is 1.64. The normalized spacial score (nSPS) is 24.1. The van der Waals surface area contributed by atoms with Gasteiger partial charge in [-0.2, -0.15) is 0 Å². The van der Waals surface area contributed by atoms with E-state index in [0.717, 1.165) is 29.8 Å². The number of likely N-dealkylation sites (tertiary alicyclic amines) is 1. The Bertz CT molecular complexity index is 1010. The molecule has 8 heteroatoms. The van der Waals surface area contributed by atoms with Crippen LogP contribution in [0.15, 0.2) is 48.0 Å². The molecule has 3 atom stereocenters. The zero-order valence-corrected chi connectivity index (χ0v) is 17.5. The number of aromatic nitrogens is 3. The Morgan fingerprint density at radius 1 is 1.23 bits per heavy atom. The second-order valence-corrected chi connectivity index (χ2v) is 8.94. The molecule has 0 unspecified atom stereocenters. The number of thiophene rings is 1. The lowest BCUT2D eigenvalue weighted by Gasteiger charge is -2.42. The van der Waals surface area contributed by atoms with Gasteiger partial charge in [-0.05, 0) is 48.4 Å². The van der Waals surface area contributed by atoms with Crippen molar-refractivity contribution < 1.29 is 14.6 Å². The molecule has 1 amide bonds. The molecular weight excluding hydrogens is 400 g/mol. The van der Waals surface area contributed by atoms with Crippen LogP contribution in [0.3, 0.4) is 0 Å². The van der Waals surface area contributed by atoms with Gasteiger partial charge in [0, 0.05) is 18.7 Å². The number of carbonyl (C=O) groups is 1. The van der Waals surface area contributed by atoms with Crippen LogP contribution in [0.25, 0.3) is 0 Å². The third kappa shape index (κ3) is 3.61. The van der Waals surface area contributed by atoms with Crippen LogP contribution < -0.4 is 4.74 Å². The van der Waals surface area contributed by atoms with E-state index >= 15 is 0 Å². The molecule has 1 saturated carbocycles. The SMILES string of the molecule is COc1ccc([C@H]2C[C@H](n3cc(C4CC4)nn3)[C@@H](O)CN2C(=O)c2cccs2)cc1. The average molecular weight is 425 g/mol. The number of β-amino-alcohol motifs (C(OH)–C–C–N with tert-alkyl or cyclic N) is 1. The molecule has 1 aromatic carbocycles. The van der Waals surface area contributed by atoms with E-state index in [-0.39, 0.29) is 24.5 Å². The standard InChI is InChI=1S/C22H24N4O3S/c1-29-16-8-6-15(7-9-16)18-11-19(26-12-17(23-24-26)14-4-5-14)20(27)13-25(18)22(28)21-3-2-10-30-21/h2-3,6-10,12,14,18-20,27H,4-5,11,13H2,1H3/t18-,19+,20+/m1/s1. The molecule has 30 heavy (non-hydrogen) atoms. The van der Waals surface area contributed by atoms with Crippen molar-refractivity contribution in [1.82, 2.24) is 19.9 Å². The topological polar surface area (TPSA) is 80.5 Å². The molecule has 3 aromatic rings.